The maximum absolute atomic E-state index is 11.8. The van der Waals surface area contributed by atoms with Gasteiger partial charge >= 0.3 is 0 Å². The molecule has 0 spiro atoms. The summed E-state index contributed by atoms with van der Waals surface area (Å²) in [5, 5.41) is 32.0. The minimum atomic E-state index is -5.04. The summed E-state index contributed by atoms with van der Waals surface area (Å²) in [7, 11) is -13.8. The van der Waals surface area contributed by atoms with Crippen LogP contribution in [-0.4, -0.2) is 44.6 Å². The number of nitrogens with zero attached hydrogens (tertiary/aromatic N) is 2. The van der Waals surface area contributed by atoms with Gasteiger partial charge in [0.15, 0.2) is 5.75 Å². The highest BCUT2D eigenvalue weighted by Gasteiger charge is 2.25. The maximum Gasteiger partial charge on any atom is 0.296 e. The molecular weight excluding hydrogens is 490 g/mol. The molecule has 13 nitrogen and oxygen atoms in total. The van der Waals surface area contributed by atoms with Gasteiger partial charge in [-0.25, -0.2) is 13.6 Å². The largest absolute Gasteiger partial charge is 0.507 e. The Hall–Kier alpha value is -3.15. The number of phenols is 2. The number of sulfonamides is 1. The summed E-state index contributed by atoms with van der Waals surface area (Å²) in [6.07, 6.45) is 0. The Morgan fingerprint density at radius 2 is 1.34 bits per heavy atom. The standard InChI is InChI=1S/C16H13N3O10S3/c17-30(22,23)10-3-1-9(2-4-10)18-19-15-13(32(27,28)29)6-8-5-11(31(24,25)26)7-12(20)14(8)16(15)21/h1-7,20-21H,(H2,17,22,23)(H,24,25,26)(H,27,28,29). The second kappa shape index (κ2) is 7.76. The Balaban J connectivity index is 2.25. The fourth-order valence-electron chi connectivity index (χ4n) is 2.69. The van der Waals surface area contributed by atoms with Crippen LogP contribution in [0.5, 0.6) is 11.5 Å². The molecule has 6 N–H and O–H groups in total. The van der Waals surface area contributed by atoms with Crippen LogP contribution in [0, 0.1) is 0 Å². The molecule has 0 amide bonds. The first kappa shape index (κ1) is 23.5. The van der Waals surface area contributed by atoms with E-state index in [9.17, 15) is 40.0 Å². The van der Waals surface area contributed by atoms with E-state index in [1.807, 2.05) is 0 Å². The zero-order valence-corrected chi connectivity index (χ0v) is 17.9. The van der Waals surface area contributed by atoms with Crippen LogP contribution in [0.15, 0.2) is 67.4 Å². The third-order valence-electron chi connectivity index (χ3n) is 4.11. The highest BCUT2D eigenvalue weighted by Crippen LogP contribution is 2.45. The Kier molecular flexibility index (Phi) is 5.71. The summed E-state index contributed by atoms with van der Waals surface area (Å²) in [6, 6.07) is 6.60. The molecule has 0 fully saturated rings. The quantitative estimate of drug-likeness (QED) is 0.250. The number of benzene rings is 3. The van der Waals surface area contributed by atoms with E-state index in [4.69, 9.17) is 9.69 Å². The Bertz CT molecular complexity index is 1600. The number of hydrogen-bond donors (Lipinski definition) is 5. The van der Waals surface area contributed by atoms with Crippen molar-refractivity contribution in [1.29, 1.82) is 0 Å². The van der Waals surface area contributed by atoms with Crippen molar-refractivity contribution in [3.8, 4) is 11.5 Å². The minimum absolute atomic E-state index is 0.00382. The second-order valence-electron chi connectivity index (χ2n) is 6.30. The number of nitrogens with two attached hydrogens (primary N) is 1. The number of phenolic OH excluding ortho intramolecular Hbond substituents is 2. The Labute approximate surface area is 181 Å². The summed E-state index contributed by atoms with van der Waals surface area (Å²) in [5.74, 6) is -1.82. The van der Waals surface area contributed by atoms with Gasteiger partial charge in [-0.15, -0.1) is 5.11 Å². The van der Waals surface area contributed by atoms with Crippen molar-refractivity contribution in [2.75, 3.05) is 0 Å². The van der Waals surface area contributed by atoms with E-state index >= 15 is 0 Å². The van der Waals surface area contributed by atoms with Gasteiger partial charge in [-0.2, -0.15) is 21.9 Å². The van der Waals surface area contributed by atoms with Gasteiger partial charge in [0, 0.05) is 6.07 Å². The molecule has 0 aliphatic heterocycles. The smallest absolute Gasteiger partial charge is 0.296 e. The van der Waals surface area contributed by atoms with E-state index in [0.717, 1.165) is 18.2 Å². The van der Waals surface area contributed by atoms with Crippen molar-refractivity contribution >= 4 is 52.4 Å². The van der Waals surface area contributed by atoms with Crippen LogP contribution in [0.3, 0.4) is 0 Å². The zero-order valence-electron chi connectivity index (χ0n) is 15.5. The topological polar surface area (TPSA) is 234 Å². The van der Waals surface area contributed by atoms with E-state index in [1.165, 1.54) is 12.1 Å². The van der Waals surface area contributed by atoms with Gasteiger partial charge < -0.3 is 10.2 Å². The SMILES string of the molecule is NS(=O)(=O)c1ccc(N=Nc2c(S(=O)(=O)O)cc3cc(S(=O)(=O)O)cc(O)c3c2O)cc1. The molecule has 0 saturated heterocycles. The number of hydrogen-bond acceptors (Lipinski definition) is 10. The number of aromatic hydroxyl groups is 2. The van der Waals surface area contributed by atoms with Gasteiger partial charge in [0.25, 0.3) is 20.2 Å². The van der Waals surface area contributed by atoms with Gasteiger partial charge in [-0.1, -0.05) is 0 Å². The first-order chi connectivity index (χ1) is 14.6. The summed E-state index contributed by atoms with van der Waals surface area (Å²) < 4.78 is 87.6. The number of azo groups is 1. The van der Waals surface area contributed by atoms with Crippen molar-refractivity contribution < 1.29 is 44.6 Å². The lowest BCUT2D eigenvalue weighted by Gasteiger charge is -2.11. The lowest BCUT2D eigenvalue weighted by atomic mass is 10.1. The molecule has 0 heterocycles. The normalized spacial score (nSPS) is 13.1. The Morgan fingerprint density at radius 1 is 0.750 bits per heavy atom. The molecule has 0 radical (unpaired) electrons. The maximum atomic E-state index is 11.8. The van der Waals surface area contributed by atoms with Crippen LogP contribution in [0.2, 0.25) is 0 Å². The van der Waals surface area contributed by atoms with Crippen LogP contribution < -0.4 is 5.14 Å². The molecular formula is C16H13N3O10S3. The molecule has 3 aromatic carbocycles. The van der Waals surface area contributed by atoms with E-state index in [2.05, 4.69) is 10.2 Å². The number of rotatable bonds is 5. The van der Waals surface area contributed by atoms with Crippen molar-refractivity contribution in [3.05, 3.63) is 42.5 Å². The van der Waals surface area contributed by atoms with Crippen molar-refractivity contribution in [3.63, 3.8) is 0 Å². The van der Waals surface area contributed by atoms with Crippen molar-refractivity contribution in [1.82, 2.24) is 0 Å². The van der Waals surface area contributed by atoms with Gasteiger partial charge in [-0.3, -0.25) is 9.11 Å². The zero-order chi connectivity index (χ0) is 24.1. The van der Waals surface area contributed by atoms with Crippen LogP contribution in [0.25, 0.3) is 10.8 Å². The highest BCUT2D eigenvalue weighted by molar-refractivity contribution is 7.89. The minimum Gasteiger partial charge on any atom is -0.507 e. The second-order valence-corrected chi connectivity index (χ2v) is 10.7. The highest BCUT2D eigenvalue weighted by atomic mass is 32.2. The van der Waals surface area contributed by atoms with Crippen LogP contribution >= 0.6 is 0 Å². The molecule has 0 aliphatic carbocycles. The third kappa shape index (κ3) is 4.69. The lowest BCUT2D eigenvalue weighted by Crippen LogP contribution is -2.11. The first-order valence-corrected chi connectivity index (χ1v) is 12.5. The van der Waals surface area contributed by atoms with Crippen molar-refractivity contribution in [2.45, 2.75) is 14.7 Å². The van der Waals surface area contributed by atoms with Crippen molar-refractivity contribution in [2.24, 2.45) is 15.4 Å². The van der Waals surface area contributed by atoms with Crippen LogP contribution in [0.1, 0.15) is 0 Å². The predicted octanol–water partition coefficient (Wildman–Crippen LogP) is 1.81. The summed E-state index contributed by atoms with van der Waals surface area (Å²) in [6.45, 7) is 0. The van der Waals surface area contributed by atoms with E-state index in [0.29, 0.717) is 12.1 Å². The predicted molar refractivity (Wildman–Crippen MR) is 109 cm³/mol. The molecule has 16 heteroatoms. The lowest BCUT2D eigenvalue weighted by molar-refractivity contribution is 0.457. The molecule has 0 saturated carbocycles. The number of primary sulfonamides is 1. The molecule has 0 atom stereocenters. The van der Waals surface area contributed by atoms with E-state index in [1.54, 1.807) is 0 Å². The van der Waals surface area contributed by atoms with Gasteiger partial charge in [-0.05, 0) is 41.8 Å². The average molecular weight is 503 g/mol. The fourth-order valence-corrected chi connectivity index (χ4v) is 4.40. The molecule has 0 aromatic heterocycles. The van der Waals surface area contributed by atoms with Gasteiger partial charge in [0.05, 0.1) is 20.9 Å². The summed E-state index contributed by atoms with van der Waals surface area (Å²) in [5.41, 5.74) is -0.797. The van der Waals surface area contributed by atoms with Crippen LogP contribution in [-0.2, 0) is 30.3 Å². The first-order valence-electron chi connectivity index (χ1n) is 8.11. The molecule has 0 aliphatic rings. The third-order valence-corrected chi connectivity index (χ3v) is 6.74. The van der Waals surface area contributed by atoms with Crippen LogP contribution in [0.4, 0.5) is 11.4 Å². The molecule has 3 aromatic rings. The molecule has 170 valence electrons. The Morgan fingerprint density at radius 3 is 1.84 bits per heavy atom. The van der Waals surface area contributed by atoms with E-state index < -0.39 is 62.6 Å². The summed E-state index contributed by atoms with van der Waals surface area (Å²) >= 11 is 0. The molecule has 3 rings (SSSR count). The molecule has 32 heavy (non-hydrogen) atoms. The van der Waals surface area contributed by atoms with E-state index in [-0.39, 0.29) is 16.0 Å². The monoisotopic (exact) mass is 503 g/mol. The average Bonchev–Trinajstić information content (AvgIpc) is 2.64. The summed E-state index contributed by atoms with van der Waals surface area (Å²) in [4.78, 5) is -2.02. The number of fused-ring (bicyclic) bond motifs is 1. The molecule has 0 bridgehead atoms. The fraction of sp³-hybridized carbons (Fsp3) is 0. The molecule has 0 unspecified atom stereocenters. The van der Waals surface area contributed by atoms with Gasteiger partial charge in [0.1, 0.15) is 16.3 Å². The van der Waals surface area contributed by atoms with Gasteiger partial charge in [0.2, 0.25) is 10.0 Å².